The summed E-state index contributed by atoms with van der Waals surface area (Å²) < 4.78 is 4.61. The van der Waals surface area contributed by atoms with Gasteiger partial charge in [0.2, 0.25) is 0 Å². The molecule has 0 bridgehead atoms. The zero-order valence-corrected chi connectivity index (χ0v) is 6.90. The molecule has 1 heterocycles. The highest BCUT2D eigenvalue weighted by molar-refractivity contribution is 5.69. The summed E-state index contributed by atoms with van der Waals surface area (Å²) in [6.07, 6.45) is 1.93. The molecular formula is C7H10N2O4. The van der Waals surface area contributed by atoms with Gasteiger partial charge < -0.3 is 14.5 Å². The van der Waals surface area contributed by atoms with E-state index >= 15 is 0 Å². The number of aromatic nitrogens is 1. The molecule has 1 rings (SSSR count). The molecule has 0 spiro atoms. The van der Waals surface area contributed by atoms with Crippen LogP contribution >= 0.6 is 0 Å². The first kappa shape index (κ1) is 9.69. The van der Waals surface area contributed by atoms with Crippen LogP contribution in [0.3, 0.4) is 0 Å². The molecule has 0 unspecified atom stereocenters. The second-order valence-corrected chi connectivity index (χ2v) is 2.43. The molecule has 1 aromatic rings. The Morgan fingerprint density at radius 1 is 1.77 bits per heavy atom. The molecule has 0 amide bonds. The van der Waals surface area contributed by atoms with E-state index in [0.29, 0.717) is 17.7 Å². The number of nitrogens with zero attached hydrogens (tertiary/aromatic N) is 1. The third-order valence-electron chi connectivity index (χ3n) is 1.61. The Hall–Kier alpha value is -1.40. The van der Waals surface area contributed by atoms with E-state index in [-0.39, 0.29) is 13.0 Å². The standard InChI is InChI=1S/C7H10N2O4/c8-13-7(11)2-1-5-4-12-9-6(5)3-10/h4,10H,1-3,8H2. The minimum Gasteiger partial charge on any atom is -0.390 e. The van der Waals surface area contributed by atoms with E-state index in [1.54, 1.807) is 0 Å². The van der Waals surface area contributed by atoms with Crippen molar-refractivity contribution in [3.8, 4) is 0 Å². The number of hydrogen-bond donors (Lipinski definition) is 2. The van der Waals surface area contributed by atoms with Gasteiger partial charge in [-0.3, -0.25) is 4.79 Å². The number of carbonyl (C=O) groups excluding carboxylic acids is 1. The van der Waals surface area contributed by atoms with Crippen LogP contribution in [0.2, 0.25) is 0 Å². The van der Waals surface area contributed by atoms with Gasteiger partial charge in [-0.1, -0.05) is 5.16 Å². The highest BCUT2D eigenvalue weighted by Gasteiger charge is 2.09. The zero-order chi connectivity index (χ0) is 9.68. The van der Waals surface area contributed by atoms with Gasteiger partial charge in [0.25, 0.3) is 0 Å². The van der Waals surface area contributed by atoms with E-state index in [4.69, 9.17) is 5.11 Å². The van der Waals surface area contributed by atoms with Crippen molar-refractivity contribution in [3.05, 3.63) is 17.5 Å². The van der Waals surface area contributed by atoms with Gasteiger partial charge in [-0.15, -0.1) is 0 Å². The third kappa shape index (κ3) is 2.53. The topological polar surface area (TPSA) is 98.6 Å². The van der Waals surface area contributed by atoms with Gasteiger partial charge in [0.05, 0.1) is 13.0 Å². The Kier molecular flexibility index (Phi) is 3.41. The van der Waals surface area contributed by atoms with Crippen molar-refractivity contribution >= 4 is 5.97 Å². The largest absolute Gasteiger partial charge is 0.390 e. The number of nitrogens with two attached hydrogens (primary N) is 1. The molecule has 1 aromatic heterocycles. The highest BCUT2D eigenvalue weighted by Crippen LogP contribution is 2.09. The molecule has 72 valence electrons. The Labute approximate surface area is 74.2 Å². The summed E-state index contributed by atoms with van der Waals surface area (Å²) in [5.41, 5.74) is 1.12. The molecule has 0 saturated carbocycles. The van der Waals surface area contributed by atoms with Crippen LogP contribution in [0.5, 0.6) is 0 Å². The van der Waals surface area contributed by atoms with Crippen molar-refractivity contribution in [3.63, 3.8) is 0 Å². The van der Waals surface area contributed by atoms with Gasteiger partial charge in [-0.25, -0.2) is 0 Å². The second-order valence-electron chi connectivity index (χ2n) is 2.43. The smallest absolute Gasteiger partial charge is 0.324 e. The van der Waals surface area contributed by atoms with E-state index in [1.165, 1.54) is 6.26 Å². The average molecular weight is 186 g/mol. The predicted octanol–water partition coefficient (Wildman–Crippen LogP) is -0.484. The molecule has 0 aliphatic rings. The molecule has 0 aliphatic heterocycles. The summed E-state index contributed by atoms with van der Waals surface area (Å²) in [5.74, 6) is 4.13. The van der Waals surface area contributed by atoms with E-state index in [0.717, 1.165) is 0 Å². The molecule has 0 aromatic carbocycles. The first-order valence-corrected chi connectivity index (χ1v) is 3.70. The van der Waals surface area contributed by atoms with Crippen LogP contribution in [0.4, 0.5) is 0 Å². The van der Waals surface area contributed by atoms with Gasteiger partial charge in [-0.2, -0.15) is 5.90 Å². The van der Waals surface area contributed by atoms with Crippen molar-refractivity contribution in [2.45, 2.75) is 19.4 Å². The van der Waals surface area contributed by atoms with Gasteiger partial charge >= 0.3 is 5.97 Å². The minimum absolute atomic E-state index is 0.144. The Balaban J connectivity index is 2.49. The van der Waals surface area contributed by atoms with Crippen LogP contribution < -0.4 is 5.90 Å². The summed E-state index contributed by atoms with van der Waals surface area (Å²) in [4.78, 5) is 14.6. The fourth-order valence-corrected chi connectivity index (χ4v) is 0.910. The van der Waals surface area contributed by atoms with Gasteiger partial charge in [0, 0.05) is 5.56 Å². The second kappa shape index (κ2) is 4.58. The van der Waals surface area contributed by atoms with Gasteiger partial charge in [0.15, 0.2) is 0 Å². The predicted molar refractivity (Wildman–Crippen MR) is 41.0 cm³/mol. The van der Waals surface area contributed by atoms with Crippen molar-refractivity contribution < 1.29 is 19.3 Å². The Bertz CT molecular complexity index is 284. The minimum atomic E-state index is -0.509. The fraction of sp³-hybridized carbons (Fsp3) is 0.429. The van der Waals surface area contributed by atoms with E-state index in [2.05, 4.69) is 20.4 Å². The number of aliphatic hydroxyl groups is 1. The first-order valence-electron chi connectivity index (χ1n) is 3.70. The molecule has 13 heavy (non-hydrogen) atoms. The summed E-state index contributed by atoms with van der Waals surface area (Å²) >= 11 is 0. The van der Waals surface area contributed by atoms with Crippen molar-refractivity contribution in [2.24, 2.45) is 5.90 Å². The number of hydrogen-bond acceptors (Lipinski definition) is 6. The highest BCUT2D eigenvalue weighted by atomic mass is 16.7. The summed E-state index contributed by atoms with van der Waals surface area (Å²) in [6.45, 7) is -0.205. The van der Waals surface area contributed by atoms with Crippen molar-refractivity contribution in [2.75, 3.05) is 0 Å². The first-order chi connectivity index (χ1) is 6.27. The molecule has 0 fully saturated rings. The molecule has 6 nitrogen and oxygen atoms in total. The molecule has 6 heteroatoms. The quantitative estimate of drug-likeness (QED) is 0.616. The van der Waals surface area contributed by atoms with Crippen LogP contribution in [-0.2, 0) is 22.7 Å². The van der Waals surface area contributed by atoms with Crippen LogP contribution in [-0.4, -0.2) is 16.2 Å². The maximum atomic E-state index is 10.6. The fourth-order valence-electron chi connectivity index (χ4n) is 0.910. The lowest BCUT2D eigenvalue weighted by atomic mass is 10.1. The summed E-state index contributed by atoms with van der Waals surface area (Å²) in [7, 11) is 0. The van der Waals surface area contributed by atoms with Crippen LogP contribution in [0.25, 0.3) is 0 Å². The maximum Gasteiger partial charge on any atom is 0.324 e. The van der Waals surface area contributed by atoms with E-state index < -0.39 is 5.97 Å². The number of rotatable bonds is 4. The van der Waals surface area contributed by atoms with Crippen molar-refractivity contribution in [1.82, 2.24) is 5.16 Å². The van der Waals surface area contributed by atoms with Crippen LogP contribution in [0.1, 0.15) is 17.7 Å². The van der Waals surface area contributed by atoms with Gasteiger partial charge in [0.1, 0.15) is 12.0 Å². The number of aryl methyl sites for hydroxylation is 1. The van der Waals surface area contributed by atoms with Crippen molar-refractivity contribution in [1.29, 1.82) is 0 Å². The molecule has 0 aliphatic carbocycles. The lowest BCUT2D eigenvalue weighted by Gasteiger charge is -1.96. The SMILES string of the molecule is NOC(=O)CCc1conc1CO. The summed E-state index contributed by atoms with van der Waals surface area (Å²) in [6, 6.07) is 0. The normalized spacial score (nSPS) is 10.0. The Morgan fingerprint density at radius 2 is 2.54 bits per heavy atom. The maximum absolute atomic E-state index is 10.6. The molecule has 0 saturated heterocycles. The number of carbonyl (C=O) groups is 1. The zero-order valence-electron chi connectivity index (χ0n) is 6.90. The molecule has 0 radical (unpaired) electrons. The van der Waals surface area contributed by atoms with Gasteiger partial charge in [-0.05, 0) is 6.42 Å². The lowest BCUT2D eigenvalue weighted by Crippen LogP contribution is -2.10. The lowest BCUT2D eigenvalue weighted by molar-refractivity contribution is -0.144. The monoisotopic (exact) mass is 186 g/mol. The average Bonchev–Trinajstić information content (AvgIpc) is 2.61. The molecule has 0 atom stereocenters. The third-order valence-corrected chi connectivity index (χ3v) is 1.61. The van der Waals surface area contributed by atoms with E-state index in [1.807, 2.05) is 0 Å². The van der Waals surface area contributed by atoms with Crippen LogP contribution in [0, 0.1) is 0 Å². The van der Waals surface area contributed by atoms with E-state index in [9.17, 15) is 4.79 Å². The Morgan fingerprint density at radius 3 is 3.15 bits per heavy atom. The van der Waals surface area contributed by atoms with Crippen LogP contribution in [0.15, 0.2) is 10.8 Å². The summed E-state index contributed by atoms with van der Waals surface area (Å²) in [5, 5.41) is 12.3. The molecule has 3 N–H and O–H groups in total. The molecular weight excluding hydrogens is 176 g/mol. The number of aliphatic hydroxyl groups excluding tert-OH is 1.